The van der Waals surface area contributed by atoms with Gasteiger partial charge in [0, 0.05) is 10.5 Å². The summed E-state index contributed by atoms with van der Waals surface area (Å²) in [5.74, 6) is -1.14. The van der Waals surface area contributed by atoms with Crippen LogP contribution in [0.15, 0.2) is 42.5 Å². The van der Waals surface area contributed by atoms with Gasteiger partial charge in [-0.25, -0.2) is 0 Å². The van der Waals surface area contributed by atoms with Gasteiger partial charge in [0.25, 0.3) is 5.91 Å². The minimum Gasteiger partial charge on any atom is -0.497 e. The molecule has 0 aromatic heterocycles. The Bertz CT molecular complexity index is 948. The molecule has 29 heavy (non-hydrogen) atoms. The molecular formula is C18H15F3N2O6. The average Bonchev–Trinajstić information content (AvgIpc) is 2.82. The maximum atomic E-state index is 12.8. The topological polar surface area (TPSA) is 102 Å². The van der Waals surface area contributed by atoms with Crippen LogP contribution in [0.3, 0.4) is 0 Å². The van der Waals surface area contributed by atoms with Gasteiger partial charge in [-0.05, 0) is 35.9 Å². The number of anilines is 1. The van der Waals surface area contributed by atoms with Gasteiger partial charge >= 0.3 is 6.36 Å². The summed E-state index contributed by atoms with van der Waals surface area (Å²) < 4.78 is 46.4. The first-order chi connectivity index (χ1) is 13.5. The third-order valence-electron chi connectivity index (χ3n) is 4.39. The van der Waals surface area contributed by atoms with E-state index in [1.54, 1.807) is 24.3 Å². The minimum atomic E-state index is -5.00. The second-order valence-corrected chi connectivity index (χ2v) is 6.32. The molecule has 1 atom stereocenters. The molecule has 0 saturated heterocycles. The van der Waals surface area contributed by atoms with E-state index >= 15 is 0 Å². The van der Waals surface area contributed by atoms with Gasteiger partial charge in [0.2, 0.25) is 12.1 Å². The molecule has 8 nitrogen and oxygen atoms in total. The Labute approximate surface area is 162 Å². The number of amides is 1. The molecule has 0 fully saturated rings. The smallest absolute Gasteiger partial charge is 0.497 e. The maximum absolute atomic E-state index is 12.8. The molecule has 0 aliphatic carbocycles. The number of carbonyl (C=O) groups is 1. The van der Waals surface area contributed by atoms with Gasteiger partial charge in [-0.1, -0.05) is 12.1 Å². The number of benzene rings is 2. The van der Waals surface area contributed by atoms with Crippen LogP contribution in [-0.2, 0) is 16.9 Å². The highest BCUT2D eigenvalue weighted by molar-refractivity contribution is 6.07. The number of hydrogen-bond acceptors (Lipinski definition) is 6. The van der Waals surface area contributed by atoms with Crippen LogP contribution in [0.25, 0.3) is 0 Å². The van der Waals surface area contributed by atoms with Crippen molar-refractivity contribution in [1.82, 2.24) is 0 Å². The Hall–Kier alpha value is -3.34. The van der Waals surface area contributed by atoms with E-state index in [1.165, 1.54) is 7.11 Å². The minimum absolute atomic E-state index is 0.0599. The van der Waals surface area contributed by atoms with Crippen LogP contribution in [0.1, 0.15) is 11.1 Å². The predicted octanol–water partition coefficient (Wildman–Crippen LogP) is 2.60. The summed E-state index contributed by atoms with van der Waals surface area (Å²) in [7, 11) is 1.48. The van der Waals surface area contributed by atoms with E-state index in [0.717, 1.165) is 23.1 Å². The second-order valence-electron chi connectivity index (χ2n) is 6.32. The number of methoxy groups -OCH3 is 1. The molecule has 1 N–H and O–H groups in total. The zero-order chi connectivity index (χ0) is 21.4. The first-order valence-corrected chi connectivity index (χ1v) is 8.23. The van der Waals surface area contributed by atoms with Gasteiger partial charge < -0.3 is 19.5 Å². The highest BCUT2D eigenvalue weighted by atomic mass is 19.4. The quantitative estimate of drug-likeness (QED) is 0.578. The van der Waals surface area contributed by atoms with Crippen molar-refractivity contribution in [2.45, 2.75) is 18.5 Å². The molecule has 0 radical (unpaired) electrons. The fourth-order valence-corrected chi connectivity index (χ4v) is 3.14. The molecule has 0 bridgehead atoms. The number of nitro groups is 1. The Balaban J connectivity index is 2.01. The number of fused-ring (bicyclic) bond motifs is 1. The van der Waals surface area contributed by atoms with Crippen LogP contribution in [0.5, 0.6) is 11.5 Å². The highest BCUT2D eigenvalue weighted by Gasteiger charge is 2.54. The summed E-state index contributed by atoms with van der Waals surface area (Å²) in [5.41, 5.74) is -2.26. The third-order valence-corrected chi connectivity index (χ3v) is 4.39. The van der Waals surface area contributed by atoms with Crippen molar-refractivity contribution in [2.24, 2.45) is 0 Å². The van der Waals surface area contributed by atoms with E-state index in [-0.39, 0.29) is 17.8 Å². The number of aliphatic hydroxyl groups is 1. The molecule has 2 aromatic carbocycles. The van der Waals surface area contributed by atoms with Gasteiger partial charge in [0.15, 0.2) is 0 Å². The number of carbonyl (C=O) groups excluding carboxylic acids is 1. The molecule has 1 aliphatic heterocycles. The van der Waals surface area contributed by atoms with E-state index in [2.05, 4.69) is 4.74 Å². The lowest BCUT2D eigenvalue weighted by molar-refractivity contribution is -0.498. The van der Waals surface area contributed by atoms with E-state index in [0.29, 0.717) is 11.3 Å². The van der Waals surface area contributed by atoms with Gasteiger partial charge in [0.1, 0.15) is 11.5 Å². The summed E-state index contributed by atoms with van der Waals surface area (Å²) in [6.45, 7) is -1.26. The van der Waals surface area contributed by atoms with Crippen molar-refractivity contribution in [2.75, 3.05) is 18.6 Å². The normalized spacial score (nSPS) is 18.5. The van der Waals surface area contributed by atoms with Crippen molar-refractivity contribution in [3.05, 3.63) is 63.7 Å². The lowest BCUT2D eigenvalue weighted by atomic mass is 9.95. The third kappa shape index (κ3) is 4.09. The molecule has 1 amide bonds. The molecule has 1 aliphatic rings. The fourth-order valence-electron chi connectivity index (χ4n) is 3.14. The lowest BCUT2D eigenvalue weighted by Crippen LogP contribution is -2.44. The number of rotatable bonds is 6. The van der Waals surface area contributed by atoms with Crippen molar-refractivity contribution >= 4 is 11.6 Å². The van der Waals surface area contributed by atoms with Crippen LogP contribution < -0.4 is 14.4 Å². The number of halogens is 3. The summed E-state index contributed by atoms with van der Waals surface area (Å²) in [6, 6.07) is 9.49. The van der Waals surface area contributed by atoms with Gasteiger partial charge in [0.05, 0.1) is 19.3 Å². The van der Waals surface area contributed by atoms with Crippen molar-refractivity contribution in [1.29, 1.82) is 0 Å². The molecule has 154 valence electrons. The largest absolute Gasteiger partial charge is 0.573 e. The molecule has 1 unspecified atom stereocenters. The maximum Gasteiger partial charge on any atom is 0.573 e. The van der Waals surface area contributed by atoms with E-state index in [4.69, 9.17) is 4.74 Å². The molecule has 2 aromatic rings. The Morgan fingerprint density at radius 3 is 2.34 bits per heavy atom. The molecule has 11 heteroatoms. The summed E-state index contributed by atoms with van der Waals surface area (Å²) in [6.07, 6.45) is -5.00. The molecule has 0 spiro atoms. The Morgan fingerprint density at radius 2 is 1.79 bits per heavy atom. The van der Waals surface area contributed by atoms with Crippen molar-refractivity contribution in [3.8, 4) is 11.5 Å². The van der Waals surface area contributed by atoms with Gasteiger partial charge in [-0.2, -0.15) is 0 Å². The number of alkyl halides is 3. The second kappa shape index (κ2) is 7.24. The number of nitrogens with zero attached hydrogens (tertiary/aromatic N) is 2. The standard InChI is InChI=1S/C18H15F3N2O6/c1-28-12-4-2-11(3-5-12)9-22-15-7-6-13(29-18(19,20)21)8-14(15)17(25,16(22)24)10-23(26)27/h2-8,25H,9-10H2,1H3. The van der Waals surface area contributed by atoms with E-state index in [1.807, 2.05) is 0 Å². The highest BCUT2D eigenvalue weighted by Crippen LogP contribution is 2.43. The Morgan fingerprint density at radius 1 is 1.17 bits per heavy atom. The summed E-state index contributed by atoms with van der Waals surface area (Å²) >= 11 is 0. The van der Waals surface area contributed by atoms with Crippen molar-refractivity contribution < 1.29 is 37.5 Å². The predicted molar refractivity (Wildman–Crippen MR) is 93.1 cm³/mol. The Kier molecular flexibility index (Phi) is 5.09. The molecule has 3 rings (SSSR count). The molecule has 0 saturated carbocycles. The van der Waals surface area contributed by atoms with E-state index in [9.17, 15) is 33.2 Å². The first-order valence-electron chi connectivity index (χ1n) is 8.23. The molecule has 1 heterocycles. The number of hydrogen-bond donors (Lipinski definition) is 1. The monoisotopic (exact) mass is 412 g/mol. The van der Waals surface area contributed by atoms with E-state index < -0.39 is 35.1 Å². The van der Waals surface area contributed by atoms with Crippen LogP contribution >= 0.6 is 0 Å². The SMILES string of the molecule is COc1ccc(CN2C(=O)C(O)(C[N+](=O)[O-])c3cc(OC(F)(F)F)ccc32)cc1. The zero-order valence-corrected chi connectivity index (χ0v) is 15.0. The van der Waals surface area contributed by atoms with Gasteiger partial charge in [-0.3, -0.25) is 14.9 Å². The lowest BCUT2D eigenvalue weighted by Gasteiger charge is -2.20. The first kappa shape index (κ1) is 20.4. The van der Waals surface area contributed by atoms with Crippen LogP contribution in [0.2, 0.25) is 0 Å². The van der Waals surface area contributed by atoms with Crippen LogP contribution in [0.4, 0.5) is 18.9 Å². The zero-order valence-electron chi connectivity index (χ0n) is 15.0. The summed E-state index contributed by atoms with van der Waals surface area (Å²) in [4.78, 5) is 24.0. The summed E-state index contributed by atoms with van der Waals surface area (Å²) in [5, 5.41) is 21.8. The molecular weight excluding hydrogens is 397 g/mol. The fraction of sp³-hybridized carbons (Fsp3) is 0.278. The van der Waals surface area contributed by atoms with Crippen LogP contribution in [0, 0.1) is 10.1 Å². The average molecular weight is 412 g/mol. The van der Waals surface area contributed by atoms with Crippen LogP contribution in [-0.4, -0.2) is 36.0 Å². The van der Waals surface area contributed by atoms with Gasteiger partial charge in [-0.15, -0.1) is 13.2 Å². The van der Waals surface area contributed by atoms with Crippen molar-refractivity contribution in [3.63, 3.8) is 0 Å². The number of ether oxygens (including phenoxy) is 2.